The maximum absolute atomic E-state index is 13.0. The Kier molecular flexibility index (Phi) is 3.01. The van der Waals surface area contributed by atoms with Crippen LogP contribution in [-0.4, -0.2) is 15.7 Å². The fraction of sp³-hybridized carbons (Fsp3) is 0.167. The van der Waals surface area contributed by atoms with E-state index in [2.05, 4.69) is 10.4 Å². The van der Waals surface area contributed by atoms with Crippen LogP contribution in [0.2, 0.25) is 0 Å². The Labute approximate surface area is 103 Å². The average Bonchev–Trinajstić information content (AvgIpc) is 2.56. The molecule has 2 rings (SSSR count). The molecule has 0 unspecified atom stereocenters. The molecule has 3 N–H and O–H groups in total. The lowest BCUT2D eigenvalue weighted by molar-refractivity contribution is 0.102. The van der Waals surface area contributed by atoms with Gasteiger partial charge in [-0.2, -0.15) is 5.10 Å². The number of hydrogen-bond acceptors (Lipinski definition) is 3. The second kappa shape index (κ2) is 4.48. The lowest BCUT2D eigenvalue weighted by Crippen LogP contribution is -2.15. The van der Waals surface area contributed by atoms with Crippen LogP contribution >= 0.6 is 0 Å². The van der Waals surface area contributed by atoms with Crippen molar-refractivity contribution in [2.45, 2.75) is 6.92 Å². The number of carbonyl (C=O) groups is 1. The fourth-order valence-corrected chi connectivity index (χ4v) is 1.63. The fourth-order valence-electron chi connectivity index (χ4n) is 1.63. The summed E-state index contributed by atoms with van der Waals surface area (Å²) in [6, 6.07) is 5.44. The first kappa shape index (κ1) is 12.1. The number of nitrogens with zero attached hydrogens (tertiary/aromatic N) is 2. The molecule has 0 atom stereocenters. The van der Waals surface area contributed by atoms with Crippen molar-refractivity contribution in [3.8, 4) is 0 Å². The van der Waals surface area contributed by atoms with Gasteiger partial charge in [-0.3, -0.25) is 9.48 Å². The van der Waals surface area contributed by atoms with Crippen molar-refractivity contribution >= 4 is 17.4 Å². The van der Waals surface area contributed by atoms with E-state index < -0.39 is 11.7 Å². The molecule has 0 radical (unpaired) electrons. The molecule has 0 aliphatic carbocycles. The summed E-state index contributed by atoms with van der Waals surface area (Å²) < 4.78 is 14.5. The van der Waals surface area contributed by atoms with Crippen LogP contribution in [0.15, 0.2) is 24.3 Å². The molecule has 1 aromatic heterocycles. The number of halogens is 1. The molecule has 0 fully saturated rings. The normalized spacial score (nSPS) is 10.4. The highest BCUT2D eigenvalue weighted by atomic mass is 19.1. The Balaban J connectivity index is 2.27. The van der Waals surface area contributed by atoms with Crippen molar-refractivity contribution in [2.75, 3.05) is 11.1 Å². The van der Waals surface area contributed by atoms with Crippen LogP contribution in [0.1, 0.15) is 16.1 Å². The highest BCUT2D eigenvalue weighted by molar-refractivity contribution is 6.05. The van der Waals surface area contributed by atoms with E-state index in [-0.39, 0.29) is 5.56 Å². The molecular weight excluding hydrogens is 235 g/mol. The molecule has 2 aromatic rings. The lowest BCUT2D eigenvalue weighted by atomic mass is 10.2. The minimum Gasteiger partial charge on any atom is -0.394 e. The molecule has 6 heteroatoms. The van der Waals surface area contributed by atoms with E-state index in [1.54, 1.807) is 14.0 Å². The molecule has 0 aliphatic rings. The summed E-state index contributed by atoms with van der Waals surface area (Å²) in [6.07, 6.45) is 0. The molecule has 18 heavy (non-hydrogen) atoms. The second-order valence-electron chi connectivity index (χ2n) is 3.94. The molecule has 0 spiro atoms. The van der Waals surface area contributed by atoms with Gasteiger partial charge in [-0.15, -0.1) is 0 Å². The van der Waals surface area contributed by atoms with Crippen LogP contribution in [0.25, 0.3) is 0 Å². The zero-order valence-electron chi connectivity index (χ0n) is 10.1. The lowest BCUT2D eigenvalue weighted by Gasteiger charge is -2.06. The van der Waals surface area contributed by atoms with E-state index in [1.165, 1.54) is 22.9 Å². The monoisotopic (exact) mass is 248 g/mol. The van der Waals surface area contributed by atoms with Gasteiger partial charge in [-0.25, -0.2) is 4.39 Å². The Morgan fingerprint density at radius 2 is 2.22 bits per heavy atom. The van der Waals surface area contributed by atoms with Crippen LogP contribution < -0.4 is 11.1 Å². The van der Waals surface area contributed by atoms with E-state index in [0.29, 0.717) is 17.2 Å². The van der Waals surface area contributed by atoms with Gasteiger partial charge >= 0.3 is 0 Å². The molecular formula is C12H13FN4O. The van der Waals surface area contributed by atoms with Crippen molar-refractivity contribution < 1.29 is 9.18 Å². The van der Waals surface area contributed by atoms with Crippen molar-refractivity contribution in [2.24, 2.45) is 7.05 Å². The van der Waals surface area contributed by atoms with E-state index in [1.807, 2.05) is 0 Å². The van der Waals surface area contributed by atoms with Crippen molar-refractivity contribution in [1.82, 2.24) is 9.78 Å². The molecule has 1 aromatic carbocycles. The average molecular weight is 248 g/mol. The smallest absolute Gasteiger partial charge is 0.256 e. The first-order valence-electron chi connectivity index (χ1n) is 5.35. The van der Waals surface area contributed by atoms with Crippen molar-refractivity contribution in [3.05, 3.63) is 41.3 Å². The number of aryl methyl sites for hydroxylation is 2. The minimum absolute atomic E-state index is 0.230. The summed E-state index contributed by atoms with van der Waals surface area (Å²) in [6.45, 7) is 1.74. The SMILES string of the molecule is Cc1nn(C)c(NC(=O)c2cccc(F)c2)c1N. The summed E-state index contributed by atoms with van der Waals surface area (Å²) >= 11 is 0. The summed E-state index contributed by atoms with van der Waals surface area (Å²) in [5, 5.41) is 6.69. The highest BCUT2D eigenvalue weighted by Crippen LogP contribution is 2.21. The van der Waals surface area contributed by atoms with Gasteiger partial charge in [-0.1, -0.05) is 6.07 Å². The number of benzene rings is 1. The van der Waals surface area contributed by atoms with Gasteiger partial charge in [0.25, 0.3) is 5.91 Å². The van der Waals surface area contributed by atoms with E-state index in [0.717, 1.165) is 6.07 Å². The van der Waals surface area contributed by atoms with Crippen LogP contribution in [0.4, 0.5) is 15.9 Å². The quantitative estimate of drug-likeness (QED) is 0.849. The molecule has 1 heterocycles. The summed E-state index contributed by atoms with van der Waals surface area (Å²) in [5.74, 6) is -0.484. The number of rotatable bonds is 2. The predicted molar refractivity (Wildman–Crippen MR) is 66.7 cm³/mol. The summed E-state index contributed by atoms with van der Waals surface area (Å²) in [7, 11) is 1.67. The third kappa shape index (κ3) is 2.17. The van der Waals surface area contributed by atoms with Crippen molar-refractivity contribution in [3.63, 3.8) is 0 Å². The number of carbonyl (C=O) groups excluding carboxylic acids is 1. The van der Waals surface area contributed by atoms with Gasteiger partial charge in [-0.05, 0) is 25.1 Å². The number of anilines is 2. The number of nitrogen functional groups attached to an aromatic ring is 1. The Morgan fingerprint density at radius 3 is 2.78 bits per heavy atom. The van der Waals surface area contributed by atoms with Gasteiger partial charge in [0, 0.05) is 12.6 Å². The second-order valence-corrected chi connectivity index (χ2v) is 3.94. The Hall–Kier alpha value is -2.37. The van der Waals surface area contributed by atoms with Crippen molar-refractivity contribution in [1.29, 1.82) is 0 Å². The molecule has 5 nitrogen and oxygen atoms in total. The number of hydrogen-bond donors (Lipinski definition) is 2. The molecule has 0 saturated heterocycles. The van der Waals surface area contributed by atoms with Crippen LogP contribution in [0.5, 0.6) is 0 Å². The summed E-state index contributed by atoms with van der Waals surface area (Å²) in [4.78, 5) is 11.9. The van der Waals surface area contributed by atoms with Crippen LogP contribution in [0.3, 0.4) is 0 Å². The third-order valence-electron chi connectivity index (χ3n) is 2.59. The zero-order chi connectivity index (χ0) is 13.3. The van der Waals surface area contributed by atoms with Crippen LogP contribution in [0, 0.1) is 12.7 Å². The molecule has 0 bridgehead atoms. The highest BCUT2D eigenvalue weighted by Gasteiger charge is 2.14. The van der Waals surface area contributed by atoms with Gasteiger partial charge in [0.05, 0.1) is 11.4 Å². The standard InChI is InChI=1S/C12H13FN4O/c1-7-10(14)11(17(2)16-7)15-12(18)8-4-3-5-9(13)6-8/h3-6H,14H2,1-2H3,(H,15,18). The number of amides is 1. The molecule has 0 saturated carbocycles. The van der Waals surface area contributed by atoms with E-state index in [9.17, 15) is 9.18 Å². The molecule has 0 aliphatic heterocycles. The maximum Gasteiger partial charge on any atom is 0.256 e. The number of aromatic nitrogens is 2. The van der Waals surface area contributed by atoms with Gasteiger partial charge in [0.2, 0.25) is 0 Å². The number of nitrogens with two attached hydrogens (primary N) is 1. The minimum atomic E-state index is -0.461. The first-order chi connectivity index (χ1) is 8.49. The van der Waals surface area contributed by atoms with Gasteiger partial charge in [0.1, 0.15) is 5.82 Å². The topological polar surface area (TPSA) is 72.9 Å². The van der Waals surface area contributed by atoms with E-state index in [4.69, 9.17) is 5.73 Å². The predicted octanol–water partition coefficient (Wildman–Crippen LogP) is 1.70. The Bertz CT molecular complexity index is 606. The van der Waals surface area contributed by atoms with Crippen LogP contribution in [-0.2, 0) is 7.05 Å². The maximum atomic E-state index is 13.0. The van der Waals surface area contributed by atoms with E-state index >= 15 is 0 Å². The molecule has 1 amide bonds. The number of nitrogens with one attached hydrogen (secondary N) is 1. The molecule has 94 valence electrons. The zero-order valence-corrected chi connectivity index (χ0v) is 10.1. The Morgan fingerprint density at radius 1 is 1.50 bits per heavy atom. The first-order valence-corrected chi connectivity index (χ1v) is 5.35. The summed E-state index contributed by atoms with van der Waals surface area (Å²) in [5.41, 5.74) is 7.05. The van der Waals surface area contributed by atoms with Gasteiger partial charge < -0.3 is 11.1 Å². The van der Waals surface area contributed by atoms with Gasteiger partial charge in [0.15, 0.2) is 5.82 Å². The largest absolute Gasteiger partial charge is 0.394 e. The third-order valence-corrected chi connectivity index (χ3v) is 2.59.